The Labute approximate surface area is 137 Å². The molecule has 1 amide bonds. The van der Waals surface area contributed by atoms with Crippen molar-refractivity contribution < 1.29 is 19.6 Å². The van der Waals surface area contributed by atoms with Crippen molar-refractivity contribution in [2.75, 3.05) is 6.61 Å². The van der Waals surface area contributed by atoms with Crippen molar-refractivity contribution in [3.05, 3.63) is 63.7 Å². The molecule has 0 fully saturated rings. The van der Waals surface area contributed by atoms with Gasteiger partial charge in [0.15, 0.2) is 6.61 Å². The van der Waals surface area contributed by atoms with Gasteiger partial charge in [0.25, 0.3) is 11.6 Å². The van der Waals surface area contributed by atoms with Gasteiger partial charge in [0.2, 0.25) is 0 Å². The molecule has 0 aliphatic rings. The van der Waals surface area contributed by atoms with E-state index in [1.807, 2.05) is 19.1 Å². The maximum atomic E-state index is 11.6. The summed E-state index contributed by atoms with van der Waals surface area (Å²) in [6.07, 6.45) is 1.08. The van der Waals surface area contributed by atoms with E-state index in [-0.39, 0.29) is 23.6 Å². The fourth-order valence-electron chi connectivity index (χ4n) is 1.80. The lowest BCUT2D eigenvalue weighted by atomic mass is 10.2. The number of hydrogen-bond acceptors (Lipinski definition) is 6. The van der Waals surface area contributed by atoms with Gasteiger partial charge in [-0.3, -0.25) is 14.9 Å². The molecule has 2 aromatic rings. The van der Waals surface area contributed by atoms with Gasteiger partial charge in [0.1, 0.15) is 11.5 Å². The predicted octanol–water partition coefficient (Wildman–Crippen LogP) is 2.14. The number of aromatic hydroxyl groups is 1. The number of carbonyl (C=O) groups excluding carboxylic acids is 1. The van der Waals surface area contributed by atoms with Gasteiger partial charge < -0.3 is 9.84 Å². The van der Waals surface area contributed by atoms with Gasteiger partial charge in [-0.05, 0) is 31.2 Å². The molecule has 0 aliphatic carbocycles. The molecular weight excluding hydrogens is 314 g/mol. The number of amides is 1. The highest BCUT2D eigenvalue weighted by atomic mass is 16.6. The third-order valence-corrected chi connectivity index (χ3v) is 2.99. The first-order valence-electron chi connectivity index (χ1n) is 6.94. The number of carbonyl (C=O) groups is 1. The second kappa shape index (κ2) is 7.73. The minimum atomic E-state index is -0.608. The highest BCUT2D eigenvalue weighted by molar-refractivity contribution is 5.87. The van der Waals surface area contributed by atoms with Gasteiger partial charge in [0.05, 0.1) is 16.7 Å². The molecule has 0 radical (unpaired) electrons. The van der Waals surface area contributed by atoms with Gasteiger partial charge in [-0.2, -0.15) is 5.10 Å². The van der Waals surface area contributed by atoms with Gasteiger partial charge in [-0.15, -0.1) is 0 Å². The molecule has 8 nitrogen and oxygen atoms in total. The zero-order valence-electron chi connectivity index (χ0n) is 12.8. The van der Waals surface area contributed by atoms with Crippen LogP contribution in [0.25, 0.3) is 0 Å². The molecule has 0 spiro atoms. The highest BCUT2D eigenvalue weighted by Gasteiger charge is 2.12. The summed E-state index contributed by atoms with van der Waals surface area (Å²) in [6, 6.07) is 10.7. The Bertz CT molecular complexity index is 772. The second-order valence-electron chi connectivity index (χ2n) is 4.90. The van der Waals surface area contributed by atoms with Crippen molar-refractivity contribution in [3.8, 4) is 11.5 Å². The maximum absolute atomic E-state index is 11.6. The summed E-state index contributed by atoms with van der Waals surface area (Å²) in [5.41, 5.74) is 3.11. The zero-order chi connectivity index (χ0) is 17.5. The Morgan fingerprint density at radius 3 is 2.71 bits per heavy atom. The van der Waals surface area contributed by atoms with Crippen LogP contribution in [-0.2, 0) is 4.79 Å². The Morgan fingerprint density at radius 1 is 1.33 bits per heavy atom. The van der Waals surface area contributed by atoms with Crippen LogP contribution < -0.4 is 10.2 Å². The normalized spacial score (nSPS) is 10.5. The van der Waals surface area contributed by atoms with Crippen LogP contribution in [0, 0.1) is 17.0 Å². The number of nitrogens with zero attached hydrogens (tertiary/aromatic N) is 2. The van der Waals surface area contributed by atoms with E-state index in [2.05, 4.69) is 10.5 Å². The number of benzene rings is 2. The number of phenols is 1. The first kappa shape index (κ1) is 16.9. The Kier molecular flexibility index (Phi) is 5.45. The first-order valence-corrected chi connectivity index (χ1v) is 6.94. The van der Waals surface area contributed by atoms with E-state index >= 15 is 0 Å². The van der Waals surface area contributed by atoms with E-state index in [4.69, 9.17) is 4.74 Å². The minimum Gasteiger partial charge on any atom is -0.508 e. The second-order valence-corrected chi connectivity index (χ2v) is 4.90. The summed E-state index contributed by atoms with van der Waals surface area (Å²) in [7, 11) is 0. The van der Waals surface area contributed by atoms with E-state index in [0.29, 0.717) is 5.75 Å². The van der Waals surface area contributed by atoms with Crippen LogP contribution in [0.5, 0.6) is 11.5 Å². The molecule has 0 atom stereocenters. The SMILES string of the molecule is Cc1ccc(OCC(=O)N/N=C/c2cc(O)ccc2[N+](=O)[O-])cc1. The molecule has 8 heteroatoms. The molecule has 0 unspecified atom stereocenters. The van der Waals surface area contributed by atoms with E-state index < -0.39 is 10.8 Å². The Hall–Kier alpha value is -3.42. The summed E-state index contributed by atoms with van der Waals surface area (Å²) >= 11 is 0. The number of aryl methyl sites for hydroxylation is 1. The number of hydrazone groups is 1. The molecule has 24 heavy (non-hydrogen) atoms. The zero-order valence-corrected chi connectivity index (χ0v) is 12.8. The van der Waals surface area contributed by atoms with Crippen molar-refractivity contribution in [1.82, 2.24) is 5.43 Å². The van der Waals surface area contributed by atoms with Crippen LogP contribution in [0.1, 0.15) is 11.1 Å². The summed E-state index contributed by atoms with van der Waals surface area (Å²) < 4.78 is 5.27. The number of nitro groups is 1. The molecule has 0 aliphatic heterocycles. The third-order valence-electron chi connectivity index (χ3n) is 2.99. The third kappa shape index (κ3) is 4.80. The lowest BCUT2D eigenvalue weighted by Gasteiger charge is -2.05. The van der Waals surface area contributed by atoms with Gasteiger partial charge in [-0.25, -0.2) is 5.43 Å². The number of hydrogen-bond donors (Lipinski definition) is 2. The molecule has 0 saturated heterocycles. The predicted molar refractivity (Wildman–Crippen MR) is 87.2 cm³/mol. The Morgan fingerprint density at radius 2 is 2.04 bits per heavy atom. The lowest BCUT2D eigenvalue weighted by Crippen LogP contribution is -2.24. The molecule has 0 saturated carbocycles. The first-order chi connectivity index (χ1) is 11.5. The number of nitrogens with one attached hydrogen (secondary N) is 1. The van der Waals surface area contributed by atoms with Crippen LogP contribution in [0.3, 0.4) is 0 Å². The highest BCUT2D eigenvalue weighted by Crippen LogP contribution is 2.21. The minimum absolute atomic E-state index is 0.0692. The molecule has 2 rings (SSSR count). The number of rotatable bonds is 6. The summed E-state index contributed by atoms with van der Waals surface area (Å²) in [5, 5.41) is 23.9. The molecule has 124 valence electrons. The van der Waals surface area contributed by atoms with E-state index in [1.54, 1.807) is 12.1 Å². The molecular formula is C16H15N3O5. The van der Waals surface area contributed by atoms with Crippen LogP contribution >= 0.6 is 0 Å². The van der Waals surface area contributed by atoms with Crippen molar-refractivity contribution in [2.24, 2.45) is 5.10 Å². The molecule has 2 N–H and O–H groups in total. The van der Waals surface area contributed by atoms with Crippen molar-refractivity contribution in [1.29, 1.82) is 0 Å². The topological polar surface area (TPSA) is 114 Å². The van der Waals surface area contributed by atoms with Gasteiger partial charge >= 0.3 is 0 Å². The number of ether oxygens (including phenoxy) is 1. The van der Waals surface area contributed by atoms with Crippen LogP contribution in [-0.4, -0.2) is 28.8 Å². The summed E-state index contributed by atoms with van der Waals surface area (Å²) in [6.45, 7) is 1.69. The van der Waals surface area contributed by atoms with Crippen molar-refractivity contribution >= 4 is 17.8 Å². The summed E-state index contributed by atoms with van der Waals surface area (Å²) in [4.78, 5) is 21.9. The molecule has 0 heterocycles. The lowest BCUT2D eigenvalue weighted by molar-refractivity contribution is -0.385. The van der Waals surface area contributed by atoms with Gasteiger partial charge in [0, 0.05) is 6.07 Å². The number of phenolic OH excluding ortho intramolecular Hbond substituents is 1. The van der Waals surface area contributed by atoms with Crippen molar-refractivity contribution in [3.63, 3.8) is 0 Å². The van der Waals surface area contributed by atoms with Crippen LogP contribution in [0.15, 0.2) is 47.6 Å². The summed E-state index contributed by atoms with van der Waals surface area (Å²) in [5.74, 6) is -0.117. The molecule has 0 aromatic heterocycles. The standard InChI is InChI=1S/C16H15N3O5/c1-11-2-5-14(6-3-11)24-10-16(21)18-17-9-12-8-13(20)4-7-15(12)19(22)23/h2-9,20H,10H2,1H3,(H,18,21)/b17-9+. The molecule has 2 aromatic carbocycles. The quantitative estimate of drug-likeness (QED) is 0.479. The average Bonchev–Trinajstić information content (AvgIpc) is 2.54. The number of nitro benzene ring substituents is 1. The van der Waals surface area contributed by atoms with E-state index in [1.165, 1.54) is 12.1 Å². The average molecular weight is 329 g/mol. The molecule has 0 bridgehead atoms. The maximum Gasteiger partial charge on any atom is 0.278 e. The monoisotopic (exact) mass is 329 g/mol. The van der Waals surface area contributed by atoms with Crippen molar-refractivity contribution in [2.45, 2.75) is 6.92 Å². The van der Waals surface area contributed by atoms with Gasteiger partial charge in [-0.1, -0.05) is 17.7 Å². The smallest absolute Gasteiger partial charge is 0.278 e. The van der Waals surface area contributed by atoms with Crippen LogP contribution in [0.2, 0.25) is 0 Å². The Balaban J connectivity index is 1.91. The fraction of sp³-hybridized carbons (Fsp3) is 0.125. The fourth-order valence-corrected chi connectivity index (χ4v) is 1.80. The van der Waals surface area contributed by atoms with E-state index in [9.17, 15) is 20.0 Å². The van der Waals surface area contributed by atoms with Crippen LogP contribution in [0.4, 0.5) is 5.69 Å². The van der Waals surface area contributed by atoms with E-state index in [0.717, 1.165) is 17.8 Å². The largest absolute Gasteiger partial charge is 0.508 e.